The molecule has 228 valence electrons. The number of ether oxygens (including phenoxy) is 4. The third-order valence-electron chi connectivity index (χ3n) is 7.71. The number of aliphatic hydroxyl groups excluding tert-OH is 6. The molecule has 16 nitrogen and oxygen atoms in total. The summed E-state index contributed by atoms with van der Waals surface area (Å²) >= 11 is 0. The number of carbonyl (C=O) groups excluding carboxylic acids is 1. The van der Waals surface area contributed by atoms with E-state index in [2.05, 4.69) is 21.7 Å². The van der Waals surface area contributed by atoms with E-state index in [1.807, 2.05) is 0 Å². The molecule has 0 bridgehead atoms. The van der Waals surface area contributed by atoms with Crippen LogP contribution >= 0.6 is 7.82 Å². The highest BCUT2D eigenvalue weighted by molar-refractivity contribution is 7.46. The largest absolute Gasteiger partial charge is 0.469 e. The summed E-state index contributed by atoms with van der Waals surface area (Å²) in [4.78, 5) is 30.1. The topological polar surface area (TPSA) is 254 Å². The van der Waals surface area contributed by atoms with Crippen LogP contribution in [-0.4, -0.2) is 128 Å². The molecule has 12 atom stereocenters. The lowest BCUT2D eigenvalue weighted by Crippen LogP contribution is -2.62. The lowest BCUT2D eigenvalue weighted by atomic mass is 9.98. The van der Waals surface area contributed by atoms with Gasteiger partial charge in [0.2, 0.25) is 6.29 Å². The molecule has 0 aromatic carbocycles. The first-order valence-electron chi connectivity index (χ1n) is 13.0. The van der Waals surface area contributed by atoms with Crippen LogP contribution in [0.4, 0.5) is 4.79 Å². The summed E-state index contributed by atoms with van der Waals surface area (Å²) in [6, 6.07) is 0. The number of rotatable bonds is 9. The molecule has 4 aliphatic rings. The zero-order valence-corrected chi connectivity index (χ0v) is 22.2. The first kappa shape index (κ1) is 31.5. The van der Waals surface area contributed by atoms with Crippen molar-refractivity contribution in [3.8, 4) is 11.8 Å². The minimum absolute atomic E-state index is 0.284. The molecule has 0 radical (unpaired) electrons. The van der Waals surface area contributed by atoms with Gasteiger partial charge in [-0.3, -0.25) is 4.52 Å². The number of phosphoric acid groups is 1. The van der Waals surface area contributed by atoms with Gasteiger partial charge in [0.05, 0.1) is 13.2 Å². The standard InChI is InChI=1S/C23H36NO15P/c25-15-13(8-35-21-19(29)17(27)16(26)14(37-21)9-36-40(32,33)34)38-22(20(30)18(15)28)39-23(31)24-7-12-10-5-3-1-2-4-6-11(10)12/h10-22,25-30H,3-9H2,(H,24,31)(H2,32,33,34)/t10?,11?,12?,13-,14-,15-,16+,17+,18+,19-,20-,21+,22+/m1/s1. The SMILES string of the molecule is O=C(NCC1C2CCC#CCCC21)O[C@@H]1O[C@H](CO[C@H]2O[C@H](COP(=O)(O)O)[C@H](O)[C@H](O)[C@H]2O)[C@@H](O)[C@H](O)[C@H]1O. The molecule has 4 rings (SSSR count). The maximum atomic E-state index is 12.4. The molecule has 9 N–H and O–H groups in total. The van der Waals surface area contributed by atoms with Gasteiger partial charge in [-0.15, -0.1) is 11.8 Å². The van der Waals surface area contributed by atoms with E-state index in [9.17, 15) is 40.0 Å². The number of hydrogen-bond donors (Lipinski definition) is 9. The molecule has 1 saturated carbocycles. The third kappa shape index (κ3) is 7.69. The highest BCUT2D eigenvalue weighted by Crippen LogP contribution is 2.51. The Balaban J connectivity index is 1.28. The Kier molecular flexibility index (Phi) is 10.4. The monoisotopic (exact) mass is 597 g/mol. The van der Waals surface area contributed by atoms with Crippen LogP contribution in [0.2, 0.25) is 0 Å². The number of aliphatic hydroxyl groups is 6. The Labute approximate surface area is 229 Å². The molecule has 40 heavy (non-hydrogen) atoms. The first-order valence-corrected chi connectivity index (χ1v) is 14.5. The van der Waals surface area contributed by atoms with Crippen LogP contribution in [0.3, 0.4) is 0 Å². The quantitative estimate of drug-likeness (QED) is 0.0942. The van der Waals surface area contributed by atoms with Gasteiger partial charge in [0, 0.05) is 19.4 Å². The zero-order valence-electron chi connectivity index (χ0n) is 21.3. The third-order valence-corrected chi connectivity index (χ3v) is 8.20. The van der Waals surface area contributed by atoms with Gasteiger partial charge in [-0.1, -0.05) is 0 Å². The van der Waals surface area contributed by atoms with E-state index in [1.165, 1.54) is 0 Å². The highest BCUT2D eigenvalue weighted by Gasteiger charge is 2.50. The van der Waals surface area contributed by atoms with Crippen molar-refractivity contribution in [2.24, 2.45) is 17.8 Å². The van der Waals surface area contributed by atoms with Crippen molar-refractivity contribution in [1.82, 2.24) is 5.32 Å². The van der Waals surface area contributed by atoms with Gasteiger partial charge in [0.25, 0.3) is 0 Å². The molecular formula is C23H36NO15P. The van der Waals surface area contributed by atoms with Crippen LogP contribution in [0.15, 0.2) is 0 Å². The minimum Gasteiger partial charge on any atom is -0.417 e. The molecule has 2 aliphatic heterocycles. The summed E-state index contributed by atoms with van der Waals surface area (Å²) in [5, 5.41) is 63.8. The summed E-state index contributed by atoms with van der Waals surface area (Å²) in [5.41, 5.74) is 0. The van der Waals surface area contributed by atoms with Crippen LogP contribution in [-0.2, 0) is 28.0 Å². The van der Waals surface area contributed by atoms with E-state index in [1.54, 1.807) is 0 Å². The van der Waals surface area contributed by atoms with Gasteiger partial charge in [-0.25, -0.2) is 9.36 Å². The van der Waals surface area contributed by atoms with E-state index in [-0.39, 0.29) is 5.92 Å². The fourth-order valence-electron chi connectivity index (χ4n) is 5.39. The van der Waals surface area contributed by atoms with Crippen LogP contribution in [0.25, 0.3) is 0 Å². The van der Waals surface area contributed by atoms with Crippen molar-refractivity contribution in [2.45, 2.75) is 87.1 Å². The fraction of sp³-hybridized carbons (Fsp3) is 0.870. The summed E-state index contributed by atoms with van der Waals surface area (Å²) in [6.07, 6.45) is -14.5. The zero-order chi connectivity index (χ0) is 29.2. The van der Waals surface area contributed by atoms with E-state index in [0.717, 1.165) is 25.7 Å². The summed E-state index contributed by atoms with van der Waals surface area (Å²) in [5.74, 6) is 7.46. The number of fused-ring (bicyclic) bond motifs is 1. The molecule has 0 aromatic rings. The average molecular weight is 598 g/mol. The van der Waals surface area contributed by atoms with Crippen molar-refractivity contribution >= 4 is 13.9 Å². The summed E-state index contributed by atoms with van der Waals surface area (Å²) < 4.78 is 36.4. The van der Waals surface area contributed by atoms with Gasteiger partial charge in [0.1, 0.15) is 48.8 Å². The molecule has 0 aromatic heterocycles. The molecule has 2 aliphatic carbocycles. The predicted molar refractivity (Wildman–Crippen MR) is 129 cm³/mol. The lowest BCUT2D eigenvalue weighted by Gasteiger charge is -2.42. The van der Waals surface area contributed by atoms with Crippen LogP contribution in [0.5, 0.6) is 0 Å². The second-order valence-electron chi connectivity index (χ2n) is 10.4. The highest BCUT2D eigenvalue weighted by atomic mass is 31.2. The Morgan fingerprint density at radius 2 is 1.32 bits per heavy atom. The maximum Gasteiger partial charge on any atom is 0.469 e. The summed E-state index contributed by atoms with van der Waals surface area (Å²) in [6.45, 7) is -1.13. The Hall–Kier alpha value is -1.42. The second kappa shape index (κ2) is 13.3. The molecule has 1 amide bonds. The van der Waals surface area contributed by atoms with Gasteiger partial charge < -0.3 is 64.7 Å². The van der Waals surface area contributed by atoms with E-state index in [0.29, 0.717) is 18.4 Å². The lowest BCUT2D eigenvalue weighted by molar-refractivity contribution is -0.324. The molecule has 2 heterocycles. The number of phosphoric ester groups is 1. The van der Waals surface area contributed by atoms with Crippen molar-refractivity contribution in [3.05, 3.63) is 0 Å². The normalized spacial score (nSPS) is 43.4. The first-order chi connectivity index (χ1) is 18.9. The summed E-state index contributed by atoms with van der Waals surface area (Å²) in [7, 11) is -4.94. The predicted octanol–water partition coefficient (Wildman–Crippen LogP) is -3.11. The Morgan fingerprint density at radius 1 is 0.800 bits per heavy atom. The number of hydrogen-bond acceptors (Lipinski definition) is 13. The van der Waals surface area contributed by atoms with Crippen LogP contribution < -0.4 is 5.32 Å². The second-order valence-corrected chi connectivity index (χ2v) is 11.6. The van der Waals surface area contributed by atoms with Gasteiger partial charge in [-0.05, 0) is 30.6 Å². The molecule has 3 fully saturated rings. The van der Waals surface area contributed by atoms with Gasteiger partial charge in [-0.2, -0.15) is 0 Å². The molecule has 2 saturated heterocycles. The van der Waals surface area contributed by atoms with Crippen molar-refractivity contribution in [1.29, 1.82) is 0 Å². The van der Waals surface area contributed by atoms with E-state index in [4.69, 9.17) is 28.7 Å². The minimum atomic E-state index is -4.94. The van der Waals surface area contributed by atoms with Gasteiger partial charge >= 0.3 is 13.9 Å². The number of carbonyl (C=O) groups is 1. The maximum absolute atomic E-state index is 12.4. The Bertz CT molecular complexity index is 967. The number of amides is 1. The van der Waals surface area contributed by atoms with Crippen molar-refractivity contribution < 1.29 is 73.3 Å². The average Bonchev–Trinajstić information content (AvgIpc) is 3.54. The Morgan fingerprint density at radius 3 is 1.90 bits per heavy atom. The van der Waals surface area contributed by atoms with Crippen molar-refractivity contribution in [3.63, 3.8) is 0 Å². The number of nitrogens with one attached hydrogen (secondary N) is 1. The molecular weight excluding hydrogens is 561 g/mol. The van der Waals surface area contributed by atoms with Gasteiger partial charge in [0.15, 0.2) is 6.29 Å². The smallest absolute Gasteiger partial charge is 0.417 e. The number of alkyl carbamates (subject to hydrolysis) is 1. The molecule has 0 spiro atoms. The van der Waals surface area contributed by atoms with E-state index >= 15 is 0 Å². The van der Waals surface area contributed by atoms with Crippen LogP contribution in [0, 0.1) is 29.6 Å². The molecule has 17 heteroatoms. The molecule has 2 unspecified atom stereocenters. The van der Waals surface area contributed by atoms with Crippen molar-refractivity contribution in [2.75, 3.05) is 19.8 Å². The van der Waals surface area contributed by atoms with Crippen LogP contribution in [0.1, 0.15) is 25.7 Å². The van der Waals surface area contributed by atoms with E-state index < -0.39 is 88.5 Å². The fourth-order valence-corrected chi connectivity index (χ4v) is 5.73.